The van der Waals surface area contributed by atoms with Crippen LogP contribution >= 0.6 is 11.8 Å². The van der Waals surface area contributed by atoms with Crippen molar-refractivity contribution in [3.8, 4) is 11.5 Å². The van der Waals surface area contributed by atoms with Crippen molar-refractivity contribution in [1.29, 1.82) is 0 Å². The fourth-order valence-electron chi connectivity index (χ4n) is 2.31. The van der Waals surface area contributed by atoms with Gasteiger partial charge in [0, 0.05) is 17.5 Å². The molecule has 0 fully saturated rings. The molecule has 0 bridgehead atoms. The highest BCUT2D eigenvalue weighted by molar-refractivity contribution is 7.99. The van der Waals surface area contributed by atoms with Crippen LogP contribution in [-0.4, -0.2) is 47.9 Å². The summed E-state index contributed by atoms with van der Waals surface area (Å²) < 4.78 is 15.6. The average Bonchev–Trinajstić information content (AvgIpc) is 2.65. The molecule has 8 nitrogen and oxygen atoms in total. The summed E-state index contributed by atoms with van der Waals surface area (Å²) in [7, 11) is 3.02. The van der Waals surface area contributed by atoms with Crippen LogP contribution in [0.15, 0.2) is 29.4 Å². The highest BCUT2D eigenvalue weighted by atomic mass is 32.2. The number of rotatable bonds is 8. The fourth-order valence-corrected chi connectivity index (χ4v) is 3.04. The molecule has 1 unspecified atom stereocenters. The van der Waals surface area contributed by atoms with Crippen LogP contribution < -0.4 is 14.8 Å². The quantitative estimate of drug-likeness (QED) is 0.407. The molecule has 1 aromatic heterocycles. The zero-order valence-electron chi connectivity index (χ0n) is 16.4. The molecule has 0 aliphatic heterocycles. The molecule has 28 heavy (non-hydrogen) atoms. The number of ether oxygens (including phenoxy) is 3. The Morgan fingerprint density at radius 1 is 1.11 bits per heavy atom. The number of aryl methyl sites for hydroxylation is 2. The zero-order chi connectivity index (χ0) is 20.7. The van der Waals surface area contributed by atoms with Crippen LogP contribution in [0.2, 0.25) is 0 Å². The number of amides is 1. The minimum absolute atomic E-state index is 0.00297. The van der Waals surface area contributed by atoms with Crippen LogP contribution in [0.25, 0.3) is 0 Å². The van der Waals surface area contributed by atoms with Gasteiger partial charge in [-0.1, -0.05) is 11.8 Å². The molecule has 0 saturated heterocycles. The van der Waals surface area contributed by atoms with Crippen molar-refractivity contribution in [3.05, 3.63) is 35.7 Å². The van der Waals surface area contributed by atoms with Crippen molar-refractivity contribution < 1.29 is 23.8 Å². The number of esters is 1. The molecule has 1 aromatic carbocycles. The number of aromatic nitrogens is 2. The van der Waals surface area contributed by atoms with Gasteiger partial charge in [-0.3, -0.25) is 9.59 Å². The van der Waals surface area contributed by atoms with E-state index in [9.17, 15) is 9.59 Å². The summed E-state index contributed by atoms with van der Waals surface area (Å²) >= 11 is 1.16. The largest absolute Gasteiger partial charge is 0.497 e. The second kappa shape index (κ2) is 9.93. The van der Waals surface area contributed by atoms with Crippen LogP contribution in [0.5, 0.6) is 11.5 Å². The lowest BCUT2D eigenvalue weighted by Crippen LogP contribution is -2.30. The normalized spacial score (nSPS) is 11.5. The Bertz CT molecular complexity index is 839. The maximum absolute atomic E-state index is 12.4. The van der Waals surface area contributed by atoms with Crippen molar-refractivity contribution >= 4 is 29.3 Å². The summed E-state index contributed by atoms with van der Waals surface area (Å²) in [6.07, 6.45) is -0.982. The number of nitrogens with one attached hydrogen (secondary N) is 1. The van der Waals surface area contributed by atoms with Crippen LogP contribution in [0.4, 0.5) is 5.69 Å². The van der Waals surface area contributed by atoms with Gasteiger partial charge in [0.25, 0.3) is 5.91 Å². The van der Waals surface area contributed by atoms with Crippen LogP contribution in [0.1, 0.15) is 18.3 Å². The van der Waals surface area contributed by atoms with Crippen molar-refractivity contribution in [2.24, 2.45) is 0 Å². The molecule has 150 valence electrons. The van der Waals surface area contributed by atoms with E-state index >= 15 is 0 Å². The highest BCUT2D eigenvalue weighted by Crippen LogP contribution is 2.29. The third kappa shape index (κ3) is 6.12. The fraction of sp³-hybridized carbons (Fsp3) is 0.368. The SMILES string of the molecule is COc1ccc(OC)c(NC(=O)C(C)OC(=O)CSc2nc(C)cc(C)n2)c1. The molecule has 1 amide bonds. The predicted octanol–water partition coefficient (Wildman–Crippen LogP) is 2.77. The Morgan fingerprint density at radius 2 is 1.79 bits per heavy atom. The Kier molecular flexibility index (Phi) is 7.62. The first-order valence-corrected chi connectivity index (χ1v) is 9.48. The van der Waals surface area contributed by atoms with E-state index in [2.05, 4.69) is 15.3 Å². The molecule has 0 aliphatic carbocycles. The first kappa shape index (κ1) is 21.5. The molecule has 0 aliphatic rings. The van der Waals surface area contributed by atoms with Gasteiger partial charge >= 0.3 is 5.97 Å². The summed E-state index contributed by atoms with van der Waals surface area (Å²) in [6.45, 7) is 5.21. The second-order valence-electron chi connectivity index (χ2n) is 5.91. The lowest BCUT2D eigenvalue weighted by atomic mass is 10.2. The van der Waals surface area contributed by atoms with E-state index in [1.54, 1.807) is 18.2 Å². The lowest BCUT2D eigenvalue weighted by Gasteiger charge is -2.15. The standard InChI is InChI=1S/C19H23N3O5S/c1-11-8-12(2)21-19(20-11)28-10-17(23)27-13(3)18(24)22-15-9-14(25-4)6-7-16(15)26-5/h6-9,13H,10H2,1-5H3,(H,22,24). The molecule has 2 rings (SSSR count). The number of hydrogen-bond donors (Lipinski definition) is 1. The molecule has 0 radical (unpaired) electrons. The van der Waals surface area contributed by atoms with Gasteiger partial charge in [0.2, 0.25) is 0 Å². The van der Waals surface area contributed by atoms with Gasteiger partial charge in [-0.2, -0.15) is 0 Å². The topological polar surface area (TPSA) is 99.6 Å². The summed E-state index contributed by atoms with van der Waals surface area (Å²) in [4.78, 5) is 32.9. The van der Waals surface area contributed by atoms with E-state index in [-0.39, 0.29) is 5.75 Å². The van der Waals surface area contributed by atoms with Crippen molar-refractivity contribution in [2.45, 2.75) is 32.0 Å². The molecule has 1 heterocycles. The van der Waals surface area contributed by atoms with E-state index in [4.69, 9.17) is 14.2 Å². The minimum Gasteiger partial charge on any atom is -0.497 e. The van der Waals surface area contributed by atoms with Gasteiger partial charge in [-0.25, -0.2) is 9.97 Å². The van der Waals surface area contributed by atoms with Gasteiger partial charge in [0.15, 0.2) is 11.3 Å². The number of benzene rings is 1. The van der Waals surface area contributed by atoms with E-state index in [0.29, 0.717) is 22.3 Å². The smallest absolute Gasteiger partial charge is 0.317 e. The Morgan fingerprint density at radius 3 is 2.39 bits per heavy atom. The molecular weight excluding hydrogens is 382 g/mol. The molecule has 0 spiro atoms. The number of methoxy groups -OCH3 is 2. The number of carbonyl (C=O) groups is 2. The average molecular weight is 405 g/mol. The first-order chi connectivity index (χ1) is 13.3. The summed E-state index contributed by atoms with van der Waals surface area (Å²) in [6, 6.07) is 6.86. The Balaban J connectivity index is 1.92. The number of carbonyl (C=O) groups excluding carboxylic acids is 2. The summed E-state index contributed by atoms with van der Waals surface area (Å²) in [5, 5.41) is 3.17. The minimum atomic E-state index is -0.982. The maximum atomic E-state index is 12.4. The number of nitrogens with zero attached hydrogens (tertiary/aromatic N) is 2. The van der Waals surface area contributed by atoms with Gasteiger partial charge < -0.3 is 19.5 Å². The molecule has 1 atom stereocenters. The van der Waals surface area contributed by atoms with E-state index < -0.39 is 18.0 Å². The maximum Gasteiger partial charge on any atom is 0.317 e. The predicted molar refractivity (Wildman–Crippen MR) is 106 cm³/mol. The van der Waals surface area contributed by atoms with E-state index in [0.717, 1.165) is 23.1 Å². The zero-order valence-corrected chi connectivity index (χ0v) is 17.3. The number of anilines is 1. The third-order valence-corrected chi connectivity index (χ3v) is 4.44. The molecule has 2 aromatic rings. The third-order valence-electron chi connectivity index (χ3n) is 3.62. The summed E-state index contributed by atoms with van der Waals surface area (Å²) in [5.74, 6) is 0.0181. The molecule has 9 heteroatoms. The monoisotopic (exact) mass is 405 g/mol. The Hall–Kier alpha value is -2.81. The van der Waals surface area contributed by atoms with Crippen molar-refractivity contribution in [2.75, 3.05) is 25.3 Å². The van der Waals surface area contributed by atoms with Crippen molar-refractivity contribution in [3.63, 3.8) is 0 Å². The first-order valence-electron chi connectivity index (χ1n) is 8.50. The second-order valence-corrected chi connectivity index (χ2v) is 6.85. The molecule has 0 saturated carbocycles. The molecule has 1 N–H and O–H groups in total. The van der Waals surface area contributed by atoms with Gasteiger partial charge in [0.05, 0.1) is 25.7 Å². The van der Waals surface area contributed by atoms with Crippen LogP contribution in [0, 0.1) is 13.8 Å². The van der Waals surface area contributed by atoms with Crippen molar-refractivity contribution in [1.82, 2.24) is 9.97 Å². The highest BCUT2D eigenvalue weighted by Gasteiger charge is 2.20. The van der Waals surface area contributed by atoms with E-state index in [1.807, 2.05) is 19.9 Å². The Labute approximate surface area is 168 Å². The van der Waals surface area contributed by atoms with E-state index in [1.165, 1.54) is 21.1 Å². The van der Waals surface area contributed by atoms with Gasteiger partial charge in [-0.15, -0.1) is 0 Å². The molecular formula is C19H23N3O5S. The lowest BCUT2D eigenvalue weighted by molar-refractivity contribution is -0.150. The van der Waals surface area contributed by atoms with Crippen LogP contribution in [0.3, 0.4) is 0 Å². The summed E-state index contributed by atoms with van der Waals surface area (Å²) in [5.41, 5.74) is 2.07. The van der Waals surface area contributed by atoms with Crippen LogP contribution in [-0.2, 0) is 14.3 Å². The number of hydrogen-bond acceptors (Lipinski definition) is 8. The van der Waals surface area contributed by atoms with Gasteiger partial charge in [0.1, 0.15) is 11.5 Å². The van der Waals surface area contributed by atoms with Gasteiger partial charge in [-0.05, 0) is 39.0 Å². The number of thioether (sulfide) groups is 1.